The average molecular weight is 282 g/mol. The van der Waals surface area contributed by atoms with E-state index in [0.717, 1.165) is 11.3 Å². The Hall–Kier alpha value is -2.82. The van der Waals surface area contributed by atoms with Crippen LogP contribution in [0.1, 0.15) is 21.6 Å². The Morgan fingerprint density at radius 2 is 2.14 bits per heavy atom. The number of imidazole rings is 1. The number of hydrogen-bond acceptors (Lipinski definition) is 3. The van der Waals surface area contributed by atoms with Gasteiger partial charge in [-0.25, -0.2) is 9.78 Å². The molecule has 0 aliphatic carbocycles. The molecule has 3 rings (SSSR count). The van der Waals surface area contributed by atoms with Gasteiger partial charge in [-0.15, -0.1) is 0 Å². The Balaban J connectivity index is 1.81. The monoisotopic (exact) mass is 282 g/mol. The molecule has 1 N–H and O–H groups in total. The summed E-state index contributed by atoms with van der Waals surface area (Å²) in [6.45, 7) is 2.04. The molecule has 0 radical (unpaired) electrons. The molecule has 1 aromatic carbocycles. The van der Waals surface area contributed by atoms with Crippen LogP contribution < -0.4 is 4.74 Å². The van der Waals surface area contributed by atoms with E-state index in [2.05, 4.69) is 4.98 Å². The van der Waals surface area contributed by atoms with E-state index in [1.54, 1.807) is 25.1 Å². The van der Waals surface area contributed by atoms with Gasteiger partial charge < -0.3 is 14.2 Å². The highest BCUT2D eigenvalue weighted by molar-refractivity contribution is 5.90. The summed E-state index contributed by atoms with van der Waals surface area (Å²) in [6.07, 6.45) is 3.81. The first-order valence-electron chi connectivity index (χ1n) is 6.53. The predicted octanol–water partition coefficient (Wildman–Crippen LogP) is 2.92. The van der Waals surface area contributed by atoms with Crippen LogP contribution in [0.15, 0.2) is 48.8 Å². The summed E-state index contributed by atoms with van der Waals surface area (Å²) in [7, 11) is 0. The minimum atomic E-state index is -0.953. The van der Waals surface area contributed by atoms with Crippen molar-refractivity contribution >= 4 is 11.6 Å². The molecule has 0 fully saturated rings. The third kappa shape index (κ3) is 2.58. The van der Waals surface area contributed by atoms with Gasteiger partial charge in [-0.1, -0.05) is 12.1 Å². The molecule has 21 heavy (non-hydrogen) atoms. The standard InChI is InChI=1S/C16H14N2O3/c1-11-13(16(19)20)5-4-6-14(11)21-10-12-9-18-8-3-2-7-15(18)17-12/h2-9H,10H2,1H3,(H,19,20). The molecule has 0 saturated heterocycles. The smallest absolute Gasteiger partial charge is 0.336 e. The fraction of sp³-hybridized carbons (Fsp3) is 0.125. The Morgan fingerprint density at radius 3 is 2.90 bits per heavy atom. The molecule has 0 aliphatic rings. The van der Waals surface area contributed by atoms with Crippen molar-refractivity contribution < 1.29 is 14.6 Å². The van der Waals surface area contributed by atoms with E-state index in [-0.39, 0.29) is 5.56 Å². The van der Waals surface area contributed by atoms with E-state index in [0.29, 0.717) is 17.9 Å². The number of hydrogen-bond donors (Lipinski definition) is 1. The minimum Gasteiger partial charge on any atom is -0.487 e. The molecule has 5 heteroatoms. The van der Waals surface area contributed by atoms with Crippen LogP contribution in [-0.4, -0.2) is 20.5 Å². The number of carboxylic acids is 1. The normalized spacial score (nSPS) is 10.7. The summed E-state index contributed by atoms with van der Waals surface area (Å²) in [5.74, 6) is -0.391. The Labute approximate surface area is 121 Å². The topological polar surface area (TPSA) is 63.8 Å². The van der Waals surface area contributed by atoms with Crippen LogP contribution in [0.2, 0.25) is 0 Å². The van der Waals surface area contributed by atoms with Crippen molar-refractivity contribution in [3.8, 4) is 5.75 Å². The number of rotatable bonds is 4. The van der Waals surface area contributed by atoms with Crippen molar-refractivity contribution in [3.05, 3.63) is 65.6 Å². The van der Waals surface area contributed by atoms with Gasteiger partial charge >= 0.3 is 5.97 Å². The maximum Gasteiger partial charge on any atom is 0.336 e. The molecule has 0 spiro atoms. The number of nitrogens with zero attached hydrogens (tertiary/aromatic N) is 2. The van der Waals surface area contributed by atoms with Gasteiger partial charge in [0.25, 0.3) is 0 Å². The third-order valence-electron chi connectivity index (χ3n) is 3.30. The largest absolute Gasteiger partial charge is 0.487 e. The number of benzene rings is 1. The second-order valence-electron chi connectivity index (χ2n) is 4.72. The number of ether oxygens (including phenoxy) is 1. The lowest BCUT2D eigenvalue weighted by Gasteiger charge is -2.09. The number of carboxylic acid groups (broad SMARTS) is 1. The first-order chi connectivity index (χ1) is 10.1. The van der Waals surface area contributed by atoms with Gasteiger partial charge in [-0.2, -0.15) is 0 Å². The number of fused-ring (bicyclic) bond motifs is 1. The van der Waals surface area contributed by atoms with Gasteiger partial charge in [0.15, 0.2) is 0 Å². The van der Waals surface area contributed by atoms with E-state index in [1.165, 1.54) is 0 Å². The van der Waals surface area contributed by atoms with Crippen LogP contribution in [0.25, 0.3) is 5.65 Å². The fourth-order valence-electron chi connectivity index (χ4n) is 2.21. The maximum atomic E-state index is 11.1. The van der Waals surface area contributed by atoms with E-state index in [1.807, 2.05) is 35.0 Å². The quantitative estimate of drug-likeness (QED) is 0.799. The zero-order valence-electron chi connectivity index (χ0n) is 11.5. The van der Waals surface area contributed by atoms with Gasteiger partial charge in [0.2, 0.25) is 0 Å². The maximum absolute atomic E-state index is 11.1. The van der Waals surface area contributed by atoms with Crippen LogP contribution in [0.3, 0.4) is 0 Å². The SMILES string of the molecule is Cc1c(OCc2cn3ccccc3n2)cccc1C(=O)O. The average Bonchev–Trinajstić information content (AvgIpc) is 2.88. The van der Waals surface area contributed by atoms with Crippen molar-refractivity contribution in [2.24, 2.45) is 0 Å². The lowest BCUT2D eigenvalue weighted by molar-refractivity contribution is 0.0695. The van der Waals surface area contributed by atoms with Crippen molar-refractivity contribution in [2.45, 2.75) is 13.5 Å². The molecule has 0 unspecified atom stereocenters. The van der Waals surface area contributed by atoms with E-state index >= 15 is 0 Å². The molecule has 0 saturated carbocycles. The van der Waals surface area contributed by atoms with Gasteiger partial charge in [-0.05, 0) is 31.2 Å². The van der Waals surface area contributed by atoms with Crippen LogP contribution >= 0.6 is 0 Å². The van der Waals surface area contributed by atoms with E-state index < -0.39 is 5.97 Å². The van der Waals surface area contributed by atoms with Crippen LogP contribution in [0.4, 0.5) is 0 Å². The fourth-order valence-corrected chi connectivity index (χ4v) is 2.21. The van der Waals surface area contributed by atoms with E-state index in [4.69, 9.17) is 9.84 Å². The summed E-state index contributed by atoms with van der Waals surface area (Å²) in [5.41, 5.74) is 2.52. The molecule has 2 aromatic heterocycles. The molecule has 0 bridgehead atoms. The first kappa shape index (κ1) is 13.2. The summed E-state index contributed by atoms with van der Waals surface area (Å²) < 4.78 is 7.62. The molecule has 0 aliphatic heterocycles. The summed E-state index contributed by atoms with van der Waals surface area (Å²) in [5, 5.41) is 9.10. The number of aromatic carboxylic acids is 1. The first-order valence-corrected chi connectivity index (χ1v) is 6.53. The zero-order chi connectivity index (χ0) is 14.8. The van der Waals surface area contributed by atoms with Crippen LogP contribution in [-0.2, 0) is 6.61 Å². The molecule has 0 atom stereocenters. The lowest BCUT2D eigenvalue weighted by Crippen LogP contribution is -2.03. The van der Waals surface area contributed by atoms with Crippen LogP contribution in [0, 0.1) is 6.92 Å². The Kier molecular flexibility index (Phi) is 3.31. The Bertz CT molecular complexity index is 775. The number of carbonyl (C=O) groups is 1. The molecular formula is C16H14N2O3. The number of pyridine rings is 1. The molecule has 3 aromatic rings. The zero-order valence-corrected chi connectivity index (χ0v) is 11.5. The molecule has 2 heterocycles. The van der Waals surface area contributed by atoms with Crippen molar-refractivity contribution in [1.82, 2.24) is 9.38 Å². The van der Waals surface area contributed by atoms with Crippen LogP contribution in [0.5, 0.6) is 5.75 Å². The number of aromatic nitrogens is 2. The molecular weight excluding hydrogens is 268 g/mol. The predicted molar refractivity (Wildman–Crippen MR) is 77.7 cm³/mol. The highest BCUT2D eigenvalue weighted by atomic mass is 16.5. The lowest BCUT2D eigenvalue weighted by atomic mass is 10.1. The summed E-state index contributed by atoms with van der Waals surface area (Å²) in [6, 6.07) is 10.8. The van der Waals surface area contributed by atoms with Gasteiger partial charge in [0.05, 0.1) is 11.3 Å². The molecule has 106 valence electrons. The highest BCUT2D eigenvalue weighted by Gasteiger charge is 2.11. The summed E-state index contributed by atoms with van der Waals surface area (Å²) in [4.78, 5) is 15.5. The highest BCUT2D eigenvalue weighted by Crippen LogP contribution is 2.22. The third-order valence-corrected chi connectivity index (χ3v) is 3.30. The van der Waals surface area contributed by atoms with Gasteiger partial charge in [0.1, 0.15) is 18.0 Å². The Morgan fingerprint density at radius 1 is 1.29 bits per heavy atom. The van der Waals surface area contributed by atoms with Crippen molar-refractivity contribution in [1.29, 1.82) is 0 Å². The van der Waals surface area contributed by atoms with Crippen molar-refractivity contribution in [3.63, 3.8) is 0 Å². The second-order valence-corrected chi connectivity index (χ2v) is 4.72. The minimum absolute atomic E-state index is 0.252. The molecule has 5 nitrogen and oxygen atoms in total. The summed E-state index contributed by atoms with van der Waals surface area (Å²) >= 11 is 0. The van der Waals surface area contributed by atoms with Gasteiger partial charge in [0, 0.05) is 18.0 Å². The van der Waals surface area contributed by atoms with Gasteiger partial charge in [-0.3, -0.25) is 0 Å². The van der Waals surface area contributed by atoms with E-state index in [9.17, 15) is 4.79 Å². The second kappa shape index (κ2) is 5.28. The van der Waals surface area contributed by atoms with Crippen molar-refractivity contribution in [2.75, 3.05) is 0 Å². The molecule has 0 amide bonds.